The maximum Gasteiger partial charge on any atom is 0.344 e. The van der Waals surface area contributed by atoms with Crippen molar-refractivity contribution in [3.05, 3.63) is 30.1 Å². The van der Waals surface area contributed by atoms with Crippen LogP contribution in [-0.2, 0) is 9.53 Å². The zero-order valence-electron chi connectivity index (χ0n) is 10.6. The molecule has 0 fully saturated rings. The highest BCUT2D eigenvalue weighted by Crippen LogP contribution is 2.19. The van der Waals surface area contributed by atoms with Crippen LogP contribution in [0.5, 0.6) is 6.01 Å². The Kier molecular flexibility index (Phi) is 4.14. The van der Waals surface area contributed by atoms with E-state index in [9.17, 15) is 14.4 Å². The first-order valence-corrected chi connectivity index (χ1v) is 5.81. The van der Waals surface area contributed by atoms with Gasteiger partial charge < -0.3 is 14.7 Å². The van der Waals surface area contributed by atoms with E-state index < -0.39 is 11.8 Å². The lowest BCUT2D eigenvalue weighted by molar-refractivity contribution is -0.145. The lowest BCUT2D eigenvalue weighted by Gasteiger charge is -2.00. The molecule has 2 rings (SSSR count). The van der Waals surface area contributed by atoms with Gasteiger partial charge in [-0.25, -0.2) is 9.18 Å². The van der Waals surface area contributed by atoms with Crippen molar-refractivity contribution in [3.8, 4) is 17.4 Å². The first-order valence-electron chi connectivity index (χ1n) is 5.81. The van der Waals surface area contributed by atoms with Gasteiger partial charge in [-0.05, 0) is 19.1 Å². The predicted octanol–water partition coefficient (Wildman–Crippen LogP) is 1.26. The van der Waals surface area contributed by atoms with Crippen molar-refractivity contribution < 1.29 is 23.9 Å². The maximum absolute atomic E-state index is 13.1. The van der Waals surface area contributed by atoms with Gasteiger partial charge in [0.25, 0.3) is 0 Å². The lowest BCUT2D eigenvalue weighted by Crippen LogP contribution is -2.15. The summed E-state index contributed by atoms with van der Waals surface area (Å²) in [6.07, 6.45) is 0. The molecule has 0 aliphatic carbocycles. The fraction of sp³-hybridized carbons (Fsp3) is 0.250. The van der Waals surface area contributed by atoms with Gasteiger partial charge in [0.1, 0.15) is 5.82 Å². The standard InChI is InChI=1S/C12H12FN3O4/c1-2-19-10(17)7-20-12-14-11(16(18)15-12)8-4-3-5-9(13)6-8/h3-6,18H,2,7H2,1H3. The van der Waals surface area contributed by atoms with Crippen LogP contribution in [0.15, 0.2) is 24.3 Å². The molecule has 0 saturated heterocycles. The molecule has 1 heterocycles. The first kappa shape index (κ1) is 13.8. The summed E-state index contributed by atoms with van der Waals surface area (Å²) in [7, 11) is 0. The van der Waals surface area contributed by atoms with Gasteiger partial charge in [-0.2, -0.15) is 4.98 Å². The van der Waals surface area contributed by atoms with Crippen molar-refractivity contribution >= 4 is 5.97 Å². The number of carbonyl (C=O) groups is 1. The number of benzene rings is 1. The van der Waals surface area contributed by atoms with Crippen LogP contribution in [0.3, 0.4) is 0 Å². The molecule has 20 heavy (non-hydrogen) atoms. The minimum Gasteiger partial charge on any atom is -0.463 e. The van der Waals surface area contributed by atoms with Crippen molar-refractivity contribution in [2.45, 2.75) is 6.92 Å². The van der Waals surface area contributed by atoms with Gasteiger partial charge in [0, 0.05) is 5.56 Å². The second kappa shape index (κ2) is 6.00. The average Bonchev–Trinajstić information content (AvgIpc) is 2.78. The molecule has 1 N–H and O–H groups in total. The molecule has 8 heteroatoms. The Hall–Kier alpha value is -2.64. The number of esters is 1. The monoisotopic (exact) mass is 281 g/mol. The van der Waals surface area contributed by atoms with Crippen molar-refractivity contribution in [1.82, 2.24) is 14.9 Å². The van der Waals surface area contributed by atoms with E-state index in [0.717, 1.165) is 0 Å². The summed E-state index contributed by atoms with van der Waals surface area (Å²) < 4.78 is 22.7. The van der Waals surface area contributed by atoms with Crippen molar-refractivity contribution in [3.63, 3.8) is 0 Å². The highest BCUT2D eigenvalue weighted by atomic mass is 19.1. The van der Waals surface area contributed by atoms with E-state index in [-0.39, 0.29) is 25.0 Å². The summed E-state index contributed by atoms with van der Waals surface area (Å²) in [5, 5.41) is 13.1. The highest BCUT2D eigenvalue weighted by molar-refractivity contribution is 5.70. The van der Waals surface area contributed by atoms with Crippen LogP contribution in [0.4, 0.5) is 4.39 Å². The molecular weight excluding hydrogens is 269 g/mol. The molecule has 0 spiro atoms. The molecule has 0 bridgehead atoms. The first-order chi connectivity index (χ1) is 9.60. The zero-order valence-corrected chi connectivity index (χ0v) is 10.6. The molecule has 106 valence electrons. The lowest BCUT2D eigenvalue weighted by atomic mass is 10.2. The van der Waals surface area contributed by atoms with Gasteiger partial charge in [0.05, 0.1) is 6.61 Å². The van der Waals surface area contributed by atoms with Crippen LogP contribution < -0.4 is 4.74 Å². The number of rotatable bonds is 5. The minimum absolute atomic E-state index is 0.00311. The molecule has 0 unspecified atom stereocenters. The van der Waals surface area contributed by atoms with E-state index in [1.165, 1.54) is 18.2 Å². The molecular formula is C12H12FN3O4. The van der Waals surface area contributed by atoms with Crippen molar-refractivity contribution in [2.24, 2.45) is 0 Å². The van der Waals surface area contributed by atoms with Crippen molar-refractivity contribution in [1.29, 1.82) is 0 Å². The van der Waals surface area contributed by atoms with E-state index in [4.69, 9.17) is 4.74 Å². The molecule has 2 aromatic rings. The van der Waals surface area contributed by atoms with Crippen LogP contribution in [0, 0.1) is 5.82 Å². The normalized spacial score (nSPS) is 10.3. The summed E-state index contributed by atoms with van der Waals surface area (Å²) in [5.74, 6) is -1.04. The van der Waals surface area contributed by atoms with Gasteiger partial charge in [-0.1, -0.05) is 22.1 Å². The zero-order chi connectivity index (χ0) is 14.5. The number of hydrogen-bond acceptors (Lipinski definition) is 6. The molecule has 1 aromatic heterocycles. The molecule has 1 aromatic carbocycles. The number of carbonyl (C=O) groups excluding carboxylic acids is 1. The highest BCUT2D eigenvalue weighted by Gasteiger charge is 2.14. The average molecular weight is 281 g/mol. The number of hydrogen-bond donors (Lipinski definition) is 1. The second-order valence-electron chi connectivity index (χ2n) is 3.71. The quantitative estimate of drug-likeness (QED) is 0.656. The third-order valence-corrected chi connectivity index (χ3v) is 2.28. The number of nitrogens with zero attached hydrogens (tertiary/aromatic N) is 3. The maximum atomic E-state index is 13.1. The fourth-order valence-electron chi connectivity index (χ4n) is 1.48. The summed E-state index contributed by atoms with van der Waals surface area (Å²) in [6, 6.07) is 5.26. The molecule has 0 atom stereocenters. The smallest absolute Gasteiger partial charge is 0.344 e. The topological polar surface area (TPSA) is 86.5 Å². The van der Waals surface area contributed by atoms with Crippen LogP contribution in [-0.4, -0.2) is 39.3 Å². The van der Waals surface area contributed by atoms with Crippen LogP contribution >= 0.6 is 0 Å². The Balaban J connectivity index is 2.12. The van der Waals surface area contributed by atoms with E-state index in [2.05, 4.69) is 14.8 Å². The third kappa shape index (κ3) is 3.22. The Morgan fingerprint density at radius 2 is 2.30 bits per heavy atom. The summed E-state index contributed by atoms with van der Waals surface area (Å²) in [4.78, 5) is 15.4. The second-order valence-corrected chi connectivity index (χ2v) is 3.71. The van der Waals surface area contributed by atoms with E-state index >= 15 is 0 Å². The fourth-order valence-corrected chi connectivity index (χ4v) is 1.48. The summed E-state index contributed by atoms with van der Waals surface area (Å²) in [6.45, 7) is 1.53. The summed E-state index contributed by atoms with van der Waals surface area (Å²) >= 11 is 0. The van der Waals surface area contributed by atoms with Crippen LogP contribution in [0.1, 0.15) is 6.92 Å². The minimum atomic E-state index is -0.575. The van der Waals surface area contributed by atoms with E-state index in [1.54, 1.807) is 13.0 Å². The number of halogens is 1. The largest absolute Gasteiger partial charge is 0.463 e. The van der Waals surface area contributed by atoms with Crippen molar-refractivity contribution in [2.75, 3.05) is 13.2 Å². The molecule has 0 saturated carbocycles. The van der Waals surface area contributed by atoms with Gasteiger partial charge in [0.15, 0.2) is 6.61 Å². The molecule has 0 aliphatic heterocycles. The number of ether oxygens (including phenoxy) is 2. The Bertz CT molecular complexity index is 614. The van der Waals surface area contributed by atoms with Gasteiger partial charge in [0.2, 0.25) is 5.82 Å². The molecule has 0 aliphatic rings. The Morgan fingerprint density at radius 3 is 3.00 bits per heavy atom. The van der Waals surface area contributed by atoms with E-state index in [1.807, 2.05) is 0 Å². The SMILES string of the molecule is CCOC(=O)COc1nc(-c2cccc(F)c2)n(O)n1. The molecule has 0 amide bonds. The molecule has 0 radical (unpaired) electrons. The van der Waals surface area contributed by atoms with Crippen LogP contribution in [0.25, 0.3) is 11.4 Å². The summed E-state index contributed by atoms with van der Waals surface area (Å²) in [5.41, 5.74) is 0.325. The van der Waals surface area contributed by atoms with E-state index in [0.29, 0.717) is 10.4 Å². The third-order valence-electron chi connectivity index (χ3n) is 2.28. The predicted molar refractivity (Wildman–Crippen MR) is 64.7 cm³/mol. The van der Waals surface area contributed by atoms with Gasteiger partial charge in [-0.3, -0.25) is 0 Å². The van der Waals surface area contributed by atoms with Gasteiger partial charge in [-0.15, -0.1) is 0 Å². The van der Waals surface area contributed by atoms with Gasteiger partial charge >= 0.3 is 12.0 Å². The van der Waals surface area contributed by atoms with Crippen LogP contribution in [0.2, 0.25) is 0 Å². The Labute approximate surface area is 113 Å². The molecule has 7 nitrogen and oxygen atoms in total. The Morgan fingerprint density at radius 1 is 1.50 bits per heavy atom. The number of aromatic nitrogens is 3.